The van der Waals surface area contributed by atoms with Gasteiger partial charge in [-0.05, 0) is 19.1 Å². The van der Waals surface area contributed by atoms with Crippen molar-refractivity contribution in [3.8, 4) is 17.6 Å². The highest BCUT2D eigenvalue weighted by Gasteiger charge is 2.23. The van der Waals surface area contributed by atoms with Crippen LogP contribution in [0.2, 0.25) is 0 Å². The second-order valence-corrected chi connectivity index (χ2v) is 7.51. The van der Waals surface area contributed by atoms with Crippen LogP contribution in [0.4, 0.5) is 5.82 Å². The van der Waals surface area contributed by atoms with Crippen LogP contribution in [0.25, 0.3) is 0 Å². The van der Waals surface area contributed by atoms with E-state index in [-0.39, 0.29) is 18.4 Å². The summed E-state index contributed by atoms with van der Waals surface area (Å²) in [6.45, 7) is 8.69. The van der Waals surface area contributed by atoms with E-state index in [1.807, 2.05) is 13.0 Å². The summed E-state index contributed by atoms with van der Waals surface area (Å²) < 4.78 is 10.9. The van der Waals surface area contributed by atoms with Crippen LogP contribution < -0.4 is 14.4 Å². The quantitative estimate of drug-likeness (QED) is 0.724. The summed E-state index contributed by atoms with van der Waals surface area (Å²) >= 11 is 0. The standard InChI is InChI=1S/C22H27N5O3/c1-15(2)22-24-16(3)11-20(25-22)26-7-9-27(10-8-26)21(28)14-30-18-6-5-17(13-23)12-19(18)29-4/h5-6,11-12,15H,7-10,14H2,1-4H3. The Balaban J connectivity index is 1.57. The number of methoxy groups -OCH3 is 1. The summed E-state index contributed by atoms with van der Waals surface area (Å²) in [7, 11) is 1.50. The van der Waals surface area contributed by atoms with Gasteiger partial charge in [0.2, 0.25) is 0 Å². The van der Waals surface area contributed by atoms with Crippen molar-refractivity contribution in [1.82, 2.24) is 14.9 Å². The van der Waals surface area contributed by atoms with Crippen LogP contribution in [-0.4, -0.2) is 60.7 Å². The summed E-state index contributed by atoms with van der Waals surface area (Å²) in [5, 5.41) is 8.98. The van der Waals surface area contributed by atoms with Crippen LogP contribution in [0.1, 0.15) is 36.8 Å². The molecule has 30 heavy (non-hydrogen) atoms. The van der Waals surface area contributed by atoms with Crippen LogP contribution in [-0.2, 0) is 4.79 Å². The molecule has 8 nitrogen and oxygen atoms in total. The van der Waals surface area contributed by atoms with Crippen molar-refractivity contribution in [3.05, 3.63) is 41.3 Å². The molecule has 1 amide bonds. The number of rotatable bonds is 6. The Labute approximate surface area is 177 Å². The van der Waals surface area contributed by atoms with Gasteiger partial charge in [-0.15, -0.1) is 0 Å². The molecule has 3 rings (SSSR count). The number of anilines is 1. The predicted octanol–water partition coefficient (Wildman–Crippen LogP) is 2.52. The number of carbonyl (C=O) groups excluding carboxylic acids is 1. The number of piperazine rings is 1. The zero-order chi connectivity index (χ0) is 21.7. The molecule has 0 bridgehead atoms. The van der Waals surface area contributed by atoms with E-state index in [2.05, 4.69) is 34.8 Å². The van der Waals surface area contributed by atoms with Crippen LogP contribution >= 0.6 is 0 Å². The van der Waals surface area contributed by atoms with Crippen molar-refractivity contribution in [2.45, 2.75) is 26.7 Å². The topological polar surface area (TPSA) is 91.6 Å². The number of nitrogens with zero attached hydrogens (tertiary/aromatic N) is 5. The van der Waals surface area contributed by atoms with Gasteiger partial charge < -0.3 is 19.3 Å². The lowest BCUT2D eigenvalue weighted by atomic mass is 10.2. The Hall–Kier alpha value is -3.34. The molecule has 0 saturated carbocycles. The van der Waals surface area contributed by atoms with E-state index in [1.165, 1.54) is 7.11 Å². The molecule has 0 aliphatic carbocycles. The van der Waals surface area contributed by atoms with E-state index in [4.69, 9.17) is 14.7 Å². The Morgan fingerprint density at radius 3 is 2.53 bits per heavy atom. The van der Waals surface area contributed by atoms with Crippen LogP contribution in [0.3, 0.4) is 0 Å². The van der Waals surface area contributed by atoms with Crippen molar-refractivity contribution in [1.29, 1.82) is 5.26 Å². The molecular formula is C22H27N5O3. The molecule has 1 saturated heterocycles. The van der Waals surface area contributed by atoms with E-state index < -0.39 is 0 Å². The highest BCUT2D eigenvalue weighted by Crippen LogP contribution is 2.28. The minimum absolute atomic E-state index is 0.0770. The molecule has 2 aromatic rings. The average molecular weight is 409 g/mol. The lowest BCUT2D eigenvalue weighted by Crippen LogP contribution is -2.50. The molecule has 1 aliphatic heterocycles. The van der Waals surface area contributed by atoms with Crippen LogP contribution in [0, 0.1) is 18.3 Å². The van der Waals surface area contributed by atoms with E-state index in [0.29, 0.717) is 43.2 Å². The lowest BCUT2D eigenvalue weighted by Gasteiger charge is -2.35. The molecule has 0 atom stereocenters. The number of ether oxygens (including phenoxy) is 2. The Morgan fingerprint density at radius 2 is 1.90 bits per heavy atom. The van der Waals surface area contributed by atoms with E-state index in [1.54, 1.807) is 23.1 Å². The normalized spacial score (nSPS) is 13.9. The van der Waals surface area contributed by atoms with Gasteiger partial charge in [0.05, 0.1) is 18.7 Å². The molecule has 158 valence electrons. The largest absolute Gasteiger partial charge is 0.493 e. The zero-order valence-electron chi connectivity index (χ0n) is 17.9. The Bertz CT molecular complexity index is 946. The monoisotopic (exact) mass is 409 g/mol. The molecule has 1 fully saturated rings. The first-order valence-corrected chi connectivity index (χ1v) is 10.0. The molecule has 1 aromatic heterocycles. The summed E-state index contributed by atoms with van der Waals surface area (Å²) in [4.78, 5) is 25.8. The highest BCUT2D eigenvalue weighted by atomic mass is 16.5. The van der Waals surface area contributed by atoms with Crippen molar-refractivity contribution in [2.24, 2.45) is 0 Å². The second-order valence-electron chi connectivity index (χ2n) is 7.51. The smallest absolute Gasteiger partial charge is 0.260 e. The van der Waals surface area contributed by atoms with Gasteiger partial charge in [0.15, 0.2) is 18.1 Å². The minimum Gasteiger partial charge on any atom is -0.493 e. The maximum absolute atomic E-state index is 12.6. The van der Waals surface area contributed by atoms with Gasteiger partial charge in [-0.1, -0.05) is 13.8 Å². The SMILES string of the molecule is COc1cc(C#N)ccc1OCC(=O)N1CCN(c2cc(C)nc(C(C)C)n2)CC1. The van der Waals surface area contributed by atoms with Gasteiger partial charge in [0.25, 0.3) is 5.91 Å². The fourth-order valence-corrected chi connectivity index (χ4v) is 3.27. The van der Waals surface area contributed by atoms with Gasteiger partial charge in [0.1, 0.15) is 11.6 Å². The Kier molecular flexibility index (Phi) is 6.72. The number of benzene rings is 1. The summed E-state index contributed by atoms with van der Waals surface area (Å²) in [5.74, 6) is 2.82. The van der Waals surface area contributed by atoms with Crippen LogP contribution in [0.15, 0.2) is 24.3 Å². The van der Waals surface area contributed by atoms with Gasteiger partial charge in [-0.25, -0.2) is 9.97 Å². The number of amides is 1. The molecular weight excluding hydrogens is 382 g/mol. The number of aryl methyl sites for hydroxylation is 1. The molecule has 1 aromatic carbocycles. The number of nitriles is 1. The van der Waals surface area contributed by atoms with Crippen molar-refractivity contribution < 1.29 is 14.3 Å². The zero-order valence-corrected chi connectivity index (χ0v) is 17.9. The third-order valence-electron chi connectivity index (χ3n) is 4.97. The van der Waals surface area contributed by atoms with E-state index in [9.17, 15) is 4.79 Å². The summed E-state index contributed by atoms with van der Waals surface area (Å²) in [5.41, 5.74) is 1.43. The second kappa shape index (κ2) is 9.44. The van der Waals surface area contributed by atoms with Crippen molar-refractivity contribution in [2.75, 3.05) is 44.8 Å². The van der Waals surface area contributed by atoms with Gasteiger partial charge in [0, 0.05) is 49.9 Å². The molecule has 1 aliphatic rings. The molecule has 0 spiro atoms. The lowest BCUT2D eigenvalue weighted by molar-refractivity contribution is -0.133. The maximum atomic E-state index is 12.6. The van der Waals surface area contributed by atoms with Gasteiger partial charge >= 0.3 is 0 Å². The molecule has 8 heteroatoms. The number of aromatic nitrogens is 2. The first-order chi connectivity index (χ1) is 14.4. The fraction of sp³-hybridized carbons (Fsp3) is 0.455. The number of hydrogen-bond acceptors (Lipinski definition) is 7. The Morgan fingerprint density at radius 1 is 1.17 bits per heavy atom. The first-order valence-electron chi connectivity index (χ1n) is 10.0. The van der Waals surface area contributed by atoms with Gasteiger partial charge in [-0.3, -0.25) is 4.79 Å². The fourth-order valence-electron chi connectivity index (χ4n) is 3.27. The maximum Gasteiger partial charge on any atom is 0.260 e. The van der Waals surface area contributed by atoms with Crippen LogP contribution in [0.5, 0.6) is 11.5 Å². The highest BCUT2D eigenvalue weighted by molar-refractivity contribution is 5.78. The predicted molar refractivity (Wildman–Crippen MR) is 113 cm³/mol. The van der Waals surface area contributed by atoms with E-state index in [0.717, 1.165) is 17.3 Å². The molecule has 2 heterocycles. The third-order valence-corrected chi connectivity index (χ3v) is 4.97. The first kappa shape index (κ1) is 21.4. The molecule has 0 radical (unpaired) electrons. The molecule has 0 unspecified atom stereocenters. The van der Waals surface area contributed by atoms with Crippen molar-refractivity contribution >= 4 is 11.7 Å². The number of carbonyl (C=O) groups is 1. The molecule has 0 N–H and O–H groups in total. The minimum atomic E-state index is -0.0807. The average Bonchev–Trinajstić information content (AvgIpc) is 2.76. The summed E-state index contributed by atoms with van der Waals surface area (Å²) in [6.07, 6.45) is 0. The number of hydrogen-bond donors (Lipinski definition) is 0. The summed E-state index contributed by atoms with van der Waals surface area (Å²) in [6, 6.07) is 8.91. The van der Waals surface area contributed by atoms with E-state index >= 15 is 0 Å². The van der Waals surface area contributed by atoms with Gasteiger partial charge in [-0.2, -0.15) is 5.26 Å². The van der Waals surface area contributed by atoms with Crippen molar-refractivity contribution in [3.63, 3.8) is 0 Å². The third kappa shape index (κ3) is 4.98.